The molecule has 2 aromatic heterocycles. The third-order valence-electron chi connectivity index (χ3n) is 3.63. The molecule has 0 aliphatic carbocycles. The van der Waals surface area contributed by atoms with E-state index >= 15 is 0 Å². The van der Waals surface area contributed by atoms with E-state index in [0.717, 1.165) is 5.56 Å². The van der Waals surface area contributed by atoms with Crippen molar-refractivity contribution in [1.82, 2.24) is 20.1 Å². The predicted octanol–water partition coefficient (Wildman–Crippen LogP) is 2.18. The first-order chi connectivity index (χ1) is 12.8. The number of nitrogens with zero attached hydrogens (tertiary/aromatic N) is 3. The summed E-state index contributed by atoms with van der Waals surface area (Å²) in [4.78, 5) is 11.9. The van der Waals surface area contributed by atoms with Crippen LogP contribution in [0.3, 0.4) is 0 Å². The second-order valence-electron chi connectivity index (χ2n) is 5.57. The minimum Gasteiger partial charge on any atom is -0.461 e. The molecule has 0 atom stereocenters. The van der Waals surface area contributed by atoms with Gasteiger partial charge in [0.1, 0.15) is 0 Å². The number of furan rings is 1. The van der Waals surface area contributed by atoms with Crippen LogP contribution in [0.15, 0.2) is 58.3 Å². The maximum absolute atomic E-state index is 11.9. The molecule has 0 aliphatic heterocycles. The number of carbonyl (C=O) groups excluding carboxylic acids is 1. The number of hydrogen-bond donors (Lipinski definition) is 2. The van der Waals surface area contributed by atoms with Crippen LogP contribution in [0, 0.1) is 0 Å². The Morgan fingerprint density at radius 2 is 2.04 bits per heavy atom. The molecule has 0 bridgehead atoms. The second kappa shape index (κ2) is 9.21. The zero-order valence-electron chi connectivity index (χ0n) is 14.2. The lowest BCUT2D eigenvalue weighted by molar-refractivity contribution is -0.118. The van der Waals surface area contributed by atoms with E-state index in [0.29, 0.717) is 36.3 Å². The Morgan fingerprint density at radius 1 is 1.19 bits per heavy atom. The highest BCUT2D eigenvalue weighted by molar-refractivity contribution is 7.99. The zero-order chi connectivity index (χ0) is 18.2. The highest BCUT2D eigenvalue weighted by Crippen LogP contribution is 2.25. The van der Waals surface area contributed by atoms with Gasteiger partial charge in [0.05, 0.1) is 18.6 Å². The lowest BCUT2D eigenvalue weighted by atomic mass is 10.2. The Morgan fingerprint density at radius 3 is 2.77 bits per heavy atom. The summed E-state index contributed by atoms with van der Waals surface area (Å²) >= 11 is 1.32. The Bertz CT molecular complexity index is 818. The number of hydrogen-bond acceptors (Lipinski definition) is 6. The maximum atomic E-state index is 11.9. The van der Waals surface area contributed by atoms with Gasteiger partial charge in [0.2, 0.25) is 11.7 Å². The largest absolute Gasteiger partial charge is 0.461 e. The third kappa shape index (κ3) is 4.74. The molecule has 1 amide bonds. The topological polar surface area (TPSA) is 93.2 Å². The van der Waals surface area contributed by atoms with Crippen molar-refractivity contribution in [3.05, 3.63) is 54.3 Å². The van der Waals surface area contributed by atoms with E-state index in [9.17, 15) is 4.79 Å². The summed E-state index contributed by atoms with van der Waals surface area (Å²) < 4.78 is 7.41. The molecule has 1 aromatic carbocycles. The van der Waals surface area contributed by atoms with Crippen LogP contribution in [-0.2, 0) is 11.3 Å². The van der Waals surface area contributed by atoms with Crippen molar-refractivity contribution in [2.24, 2.45) is 0 Å². The first kappa shape index (κ1) is 18.2. The van der Waals surface area contributed by atoms with Crippen LogP contribution in [0.2, 0.25) is 0 Å². The van der Waals surface area contributed by atoms with Gasteiger partial charge in [-0.15, -0.1) is 10.2 Å². The van der Waals surface area contributed by atoms with Crippen LogP contribution in [0.25, 0.3) is 11.6 Å². The summed E-state index contributed by atoms with van der Waals surface area (Å²) in [6, 6.07) is 13.6. The van der Waals surface area contributed by atoms with Crippen molar-refractivity contribution in [2.45, 2.75) is 18.1 Å². The number of carbonyl (C=O) groups is 1. The summed E-state index contributed by atoms with van der Waals surface area (Å²) in [5.41, 5.74) is 1.11. The Balaban J connectivity index is 1.75. The quantitative estimate of drug-likeness (QED) is 0.442. The van der Waals surface area contributed by atoms with Crippen LogP contribution in [0.4, 0.5) is 0 Å². The fourth-order valence-electron chi connectivity index (χ4n) is 2.38. The first-order valence-corrected chi connectivity index (χ1v) is 9.28. The molecule has 3 rings (SSSR count). The fraction of sp³-hybridized carbons (Fsp3) is 0.278. The minimum atomic E-state index is -0.0998. The Kier molecular flexibility index (Phi) is 6.45. The summed E-state index contributed by atoms with van der Waals surface area (Å²) in [5.74, 6) is 1.39. The van der Waals surface area contributed by atoms with Crippen LogP contribution >= 0.6 is 11.8 Å². The van der Waals surface area contributed by atoms with Gasteiger partial charge in [-0.1, -0.05) is 42.1 Å². The van der Waals surface area contributed by atoms with E-state index in [1.165, 1.54) is 11.8 Å². The highest BCUT2D eigenvalue weighted by atomic mass is 32.2. The summed E-state index contributed by atoms with van der Waals surface area (Å²) in [7, 11) is 0. The van der Waals surface area contributed by atoms with Gasteiger partial charge in [0, 0.05) is 13.2 Å². The zero-order valence-corrected chi connectivity index (χ0v) is 15.0. The number of aromatic nitrogens is 3. The fourth-order valence-corrected chi connectivity index (χ4v) is 3.15. The number of rotatable bonds is 9. The molecule has 26 heavy (non-hydrogen) atoms. The smallest absolute Gasteiger partial charge is 0.230 e. The van der Waals surface area contributed by atoms with E-state index in [2.05, 4.69) is 15.5 Å². The van der Waals surface area contributed by atoms with Crippen LogP contribution in [0.1, 0.15) is 12.0 Å². The van der Waals surface area contributed by atoms with Crippen LogP contribution in [-0.4, -0.2) is 44.7 Å². The Labute approximate surface area is 155 Å². The highest BCUT2D eigenvalue weighted by Gasteiger charge is 2.17. The number of aliphatic hydroxyl groups is 1. The minimum absolute atomic E-state index is 0.0608. The molecule has 0 fully saturated rings. The van der Waals surface area contributed by atoms with Crippen molar-refractivity contribution < 1.29 is 14.3 Å². The van der Waals surface area contributed by atoms with Gasteiger partial charge >= 0.3 is 0 Å². The maximum Gasteiger partial charge on any atom is 0.230 e. The lowest BCUT2D eigenvalue weighted by Crippen LogP contribution is -2.26. The van der Waals surface area contributed by atoms with Crippen molar-refractivity contribution in [3.63, 3.8) is 0 Å². The molecule has 0 spiro atoms. The monoisotopic (exact) mass is 372 g/mol. The number of aliphatic hydroxyl groups excluding tert-OH is 1. The van der Waals surface area contributed by atoms with E-state index < -0.39 is 0 Å². The van der Waals surface area contributed by atoms with Crippen LogP contribution in [0.5, 0.6) is 0 Å². The van der Waals surface area contributed by atoms with Gasteiger partial charge in [0.15, 0.2) is 10.9 Å². The number of nitrogens with one attached hydrogen (secondary N) is 1. The Hall–Kier alpha value is -2.58. The van der Waals surface area contributed by atoms with Crippen molar-refractivity contribution >= 4 is 17.7 Å². The van der Waals surface area contributed by atoms with Gasteiger partial charge in [0.25, 0.3) is 0 Å². The standard InChI is InChI=1S/C18H20N4O3S/c23-10-5-9-19-16(24)13-26-18-21-20-17(15-8-4-11-25-15)22(18)12-14-6-2-1-3-7-14/h1-4,6-8,11,23H,5,9-10,12-13H2,(H,19,24). The number of thioether (sulfide) groups is 1. The summed E-state index contributed by atoms with van der Waals surface area (Å²) in [6.45, 7) is 1.11. The van der Waals surface area contributed by atoms with E-state index in [1.54, 1.807) is 12.3 Å². The molecule has 3 aromatic rings. The van der Waals surface area contributed by atoms with Crippen LogP contribution < -0.4 is 5.32 Å². The SMILES string of the molecule is O=C(CSc1nnc(-c2ccco2)n1Cc1ccccc1)NCCCO. The molecule has 0 unspecified atom stereocenters. The average Bonchev–Trinajstić information content (AvgIpc) is 3.31. The molecule has 0 saturated carbocycles. The molecular weight excluding hydrogens is 352 g/mol. The molecule has 136 valence electrons. The molecule has 0 saturated heterocycles. The molecule has 2 heterocycles. The summed E-state index contributed by atoms with van der Waals surface area (Å²) in [5, 5.41) is 20.7. The number of benzene rings is 1. The molecule has 0 aliphatic rings. The van der Waals surface area contributed by atoms with Gasteiger partial charge in [-0.05, 0) is 24.1 Å². The lowest BCUT2D eigenvalue weighted by Gasteiger charge is -2.09. The third-order valence-corrected chi connectivity index (χ3v) is 4.60. The molecular formula is C18H20N4O3S. The van der Waals surface area contributed by atoms with Crippen molar-refractivity contribution in [2.75, 3.05) is 18.9 Å². The second-order valence-corrected chi connectivity index (χ2v) is 6.51. The normalized spacial score (nSPS) is 10.8. The van der Waals surface area contributed by atoms with E-state index in [-0.39, 0.29) is 18.3 Å². The van der Waals surface area contributed by atoms with Crippen molar-refractivity contribution in [3.8, 4) is 11.6 Å². The van der Waals surface area contributed by atoms with Gasteiger partial charge in [-0.2, -0.15) is 0 Å². The molecule has 2 N–H and O–H groups in total. The molecule has 7 nitrogen and oxygen atoms in total. The van der Waals surface area contributed by atoms with Gasteiger partial charge < -0.3 is 14.8 Å². The average molecular weight is 372 g/mol. The first-order valence-electron chi connectivity index (χ1n) is 8.29. The van der Waals surface area contributed by atoms with Crippen molar-refractivity contribution in [1.29, 1.82) is 0 Å². The summed E-state index contributed by atoms with van der Waals surface area (Å²) in [6.07, 6.45) is 2.14. The van der Waals surface area contributed by atoms with Gasteiger partial charge in [-0.3, -0.25) is 9.36 Å². The molecule has 8 heteroatoms. The van der Waals surface area contributed by atoms with Gasteiger partial charge in [-0.25, -0.2) is 0 Å². The predicted molar refractivity (Wildman–Crippen MR) is 98.7 cm³/mol. The molecule has 0 radical (unpaired) electrons. The van der Waals surface area contributed by atoms with E-state index in [4.69, 9.17) is 9.52 Å². The number of amides is 1. The van der Waals surface area contributed by atoms with E-state index in [1.807, 2.05) is 41.0 Å².